The van der Waals surface area contributed by atoms with Gasteiger partial charge in [0.1, 0.15) is 0 Å². The Morgan fingerprint density at radius 1 is 1.50 bits per heavy atom. The van der Waals surface area contributed by atoms with Crippen LogP contribution in [0.15, 0.2) is 18.2 Å². The minimum Gasteiger partial charge on any atom is -0.398 e. The van der Waals surface area contributed by atoms with Crippen LogP contribution in [0.2, 0.25) is 5.02 Å². The van der Waals surface area contributed by atoms with Gasteiger partial charge in [0.15, 0.2) is 0 Å². The molecule has 0 unspecified atom stereocenters. The van der Waals surface area contributed by atoms with Crippen molar-refractivity contribution in [2.24, 2.45) is 0 Å². The summed E-state index contributed by atoms with van der Waals surface area (Å²) < 4.78 is 0. The van der Waals surface area contributed by atoms with Crippen molar-refractivity contribution in [2.75, 3.05) is 5.73 Å². The van der Waals surface area contributed by atoms with Gasteiger partial charge >= 0.3 is 0 Å². The number of benzene rings is 1. The molecular formula is C10H13ClN2O. The SMILES string of the molecule is CC(C)NC(=O)c1c(N)cccc1Cl. The van der Waals surface area contributed by atoms with Gasteiger partial charge in [-0.25, -0.2) is 0 Å². The third-order valence-corrected chi connectivity index (χ3v) is 2.01. The highest BCUT2D eigenvalue weighted by Crippen LogP contribution is 2.21. The molecule has 0 saturated heterocycles. The van der Waals surface area contributed by atoms with Crippen molar-refractivity contribution in [1.82, 2.24) is 5.32 Å². The second-order valence-electron chi connectivity index (χ2n) is 3.33. The molecule has 0 spiro atoms. The number of carbonyl (C=O) groups is 1. The predicted octanol–water partition coefficient (Wildman–Crippen LogP) is 2.06. The standard InChI is InChI=1S/C10H13ClN2O/c1-6(2)13-10(14)9-7(11)4-3-5-8(9)12/h3-6H,12H2,1-2H3,(H,13,14). The number of hydrogen-bond acceptors (Lipinski definition) is 2. The molecule has 1 rings (SSSR count). The summed E-state index contributed by atoms with van der Waals surface area (Å²) in [7, 11) is 0. The molecular weight excluding hydrogens is 200 g/mol. The summed E-state index contributed by atoms with van der Waals surface area (Å²) in [4.78, 5) is 11.6. The van der Waals surface area contributed by atoms with Crippen molar-refractivity contribution in [3.05, 3.63) is 28.8 Å². The number of nitrogens with one attached hydrogen (secondary N) is 1. The lowest BCUT2D eigenvalue weighted by molar-refractivity contribution is 0.0944. The van der Waals surface area contributed by atoms with Crippen molar-refractivity contribution in [3.63, 3.8) is 0 Å². The first-order chi connectivity index (χ1) is 6.52. The molecule has 76 valence electrons. The topological polar surface area (TPSA) is 55.1 Å². The summed E-state index contributed by atoms with van der Waals surface area (Å²) in [6, 6.07) is 5.08. The maximum atomic E-state index is 11.6. The first-order valence-corrected chi connectivity index (χ1v) is 4.75. The van der Waals surface area contributed by atoms with Gasteiger partial charge in [0, 0.05) is 11.7 Å². The van der Waals surface area contributed by atoms with Crippen LogP contribution in [0.1, 0.15) is 24.2 Å². The van der Waals surface area contributed by atoms with Crippen LogP contribution in [0.4, 0.5) is 5.69 Å². The molecule has 3 N–H and O–H groups in total. The minimum atomic E-state index is -0.233. The Labute approximate surface area is 88.2 Å². The first-order valence-electron chi connectivity index (χ1n) is 4.37. The van der Waals surface area contributed by atoms with E-state index in [2.05, 4.69) is 5.32 Å². The van der Waals surface area contributed by atoms with Gasteiger partial charge in [0.2, 0.25) is 0 Å². The van der Waals surface area contributed by atoms with Crippen molar-refractivity contribution < 1.29 is 4.79 Å². The van der Waals surface area contributed by atoms with E-state index in [9.17, 15) is 4.79 Å². The first kappa shape index (κ1) is 10.9. The summed E-state index contributed by atoms with van der Waals surface area (Å²) in [6.07, 6.45) is 0. The molecule has 0 radical (unpaired) electrons. The molecule has 1 aromatic rings. The van der Waals surface area contributed by atoms with Gasteiger partial charge in [-0.3, -0.25) is 4.79 Å². The van der Waals surface area contributed by atoms with E-state index in [4.69, 9.17) is 17.3 Å². The highest BCUT2D eigenvalue weighted by Gasteiger charge is 2.13. The molecule has 0 heterocycles. The van der Waals surface area contributed by atoms with E-state index in [-0.39, 0.29) is 11.9 Å². The smallest absolute Gasteiger partial charge is 0.255 e. The fourth-order valence-corrected chi connectivity index (χ4v) is 1.38. The van der Waals surface area contributed by atoms with E-state index in [1.807, 2.05) is 13.8 Å². The van der Waals surface area contributed by atoms with Crippen LogP contribution < -0.4 is 11.1 Å². The zero-order chi connectivity index (χ0) is 10.7. The zero-order valence-corrected chi connectivity index (χ0v) is 8.93. The van der Waals surface area contributed by atoms with Crippen LogP contribution in [0.3, 0.4) is 0 Å². The lowest BCUT2D eigenvalue weighted by Gasteiger charge is -2.11. The van der Waals surface area contributed by atoms with Gasteiger partial charge in [-0.1, -0.05) is 17.7 Å². The number of rotatable bonds is 2. The molecule has 0 aliphatic heterocycles. The monoisotopic (exact) mass is 212 g/mol. The van der Waals surface area contributed by atoms with Crippen molar-refractivity contribution >= 4 is 23.2 Å². The van der Waals surface area contributed by atoms with Crippen molar-refractivity contribution in [2.45, 2.75) is 19.9 Å². The second-order valence-corrected chi connectivity index (χ2v) is 3.74. The molecule has 0 atom stereocenters. The number of hydrogen-bond donors (Lipinski definition) is 2. The number of anilines is 1. The van der Waals surface area contributed by atoms with Crippen molar-refractivity contribution in [1.29, 1.82) is 0 Å². The largest absolute Gasteiger partial charge is 0.398 e. The van der Waals surface area contributed by atoms with Crippen LogP contribution in [0.5, 0.6) is 0 Å². The normalized spacial score (nSPS) is 10.3. The minimum absolute atomic E-state index is 0.0678. The van der Waals surface area contributed by atoms with Gasteiger partial charge in [0.25, 0.3) is 5.91 Å². The van der Waals surface area contributed by atoms with Crippen LogP contribution in [0, 0.1) is 0 Å². The predicted molar refractivity (Wildman–Crippen MR) is 58.5 cm³/mol. The Hall–Kier alpha value is -1.22. The van der Waals surface area contributed by atoms with E-state index in [0.29, 0.717) is 16.3 Å². The Morgan fingerprint density at radius 2 is 2.14 bits per heavy atom. The fraction of sp³-hybridized carbons (Fsp3) is 0.300. The maximum Gasteiger partial charge on any atom is 0.255 e. The van der Waals surface area contributed by atoms with Gasteiger partial charge in [-0.05, 0) is 26.0 Å². The number of halogens is 1. The average molecular weight is 213 g/mol. The maximum absolute atomic E-state index is 11.6. The van der Waals surface area contributed by atoms with Crippen LogP contribution in [-0.4, -0.2) is 11.9 Å². The highest BCUT2D eigenvalue weighted by atomic mass is 35.5. The number of nitrogen functional groups attached to an aromatic ring is 1. The highest BCUT2D eigenvalue weighted by molar-refractivity contribution is 6.34. The van der Waals surface area contributed by atoms with Crippen LogP contribution in [-0.2, 0) is 0 Å². The van der Waals surface area contributed by atoms with E-state index >= 15 is 0 Å². The summed E-state index contributed by atoms with van der Waals surface area (Å²) in [6.45, 7) is 3.76. The number of carbonyl (C=O) groups excluding carboxylic acids is 1. The van der Waals surface area contributed by atoms with E-state index in [1.54, 1.807) is 18.2 Å². The van der Waals surface area contributed by atoms with Gasteiger partial charge < -0.3 is 11.1 Å². The van der Waals surface area contributed by atoms with Crippen LogP contribution in [0.25, 0.3) is 0 Å². The average Bonchev–Trinajstić information content (AvgIpc) is 2.01. The summed E-state index contributed by atoms with van der Waals surface area (Å²) >= 11 is 5.87. The second kappa shape index (κ2) is 4.33. The Kier molecular flexibility index (Phi) is 3.36. The Bertz CT molecular complexity index is 330. The molecule has 14 heavy (non-hydrogen) atoms. The molecule has 0 aliphatic rings. The molecule has 0 saturated carbocycles. The fourth-order valence-electron chi connectivity index (χ4n) is 1.11. The summed E-state index contributed by atoms with van der Waals surface area (Å²) in [5.41, 5.74) is 6.40. The lowest BCUT2D eigenvalue weighted by Crippen LogP contribution is -2.30. The quantitative estimate of drug-likeness (QED) is 0.738. The molecule has 0 fully saturated rings. The molecule has 0 aliphatic carbocycles. The molecule has 0 aromatic heterocycles. The lowest BCUT2D eigenvalue weighted by atomic mass is 10.1. The van der Waals surface area contributed by atoms with Gasteiger partial charge in [-0.15, -0.1) is 0 Å². The number of amides is 1. The van der Waals surface area contributed by atoms with E-state index < -0.39 is 0 Å². The summed E-state index contributed by atoms with van der Waals surface area (Å²) in [5, 5.41) is 3.12. The molecule has 1 amide bonds. The van der Waals surface area contributed by atoms with E-state index in [1.165, 1.54) is 0 Å². The Morgan fingerprint density at radius 3 is 2.64 bits per heavy atom. The third-order valence-electron chi connectivity index (χ3n) is 1.69. The Balaban J connectivity index is 3.00. The summed E-state index contributed by atoms with van der Waals surface area (Å²) in [5.74, 6) is -0.233. The van der Waals surface area contributed by atoms with Gasteiger partial charge in [-0.2, -0.15) is 0 Å². The molecule has 1 aromatic carbocycles. The molecule has 4 heteroatoms. The van der Waals surface area contributed by atoms with Crippen LogP contribution >= 0.6 is 11.6 Å². The zero-order valence-electron chi connectivity index (χ0n) is 8.17. The van der Waals surface area contributed by atoms with Crippen molar-refractivity contribution in [3.8, 4) is 0 Å². The molecule has 0 bridgehead atoms. The van der Waals surface area contributed by atoms with Gasteiger partial charge in [0.05, 0.1) is 10.6 Å². The third kappa shape index (κ3) is 2.39. The van der Waals surface area contributed by atoms with E-state index in [0.717, 1.165) is 0 Å². The number of nitrogens with two attached hydrogens (primary N) is 1. The molecule has 3 nitrogen and oxygen atoms in total.